The van der Waals surface area contributed by atoms with Crippen LogP contribution in [0.2, 0.25) is 0 Å². The molecule has 0 saturated carbocycles. The third kappa shape index (κ3) is 8.93. The number of halogens is 1. The molecule has 1 heterocycles. The lowest BCUT2D eigenvalue weighted by atomic mass is 10.1. The van der Waals surface area contributed by atoms with Crippen LogP contribution in [0.5, 0.6) is 0 Å². The van der Waals surface area contributed by atoms with E-state index in [1.807, 2.05) is 48.5 Å². The smallest absolute Gasteiger partial charge is 0.412 e. The van der Waals surface area contributed by atoms with Crippen molar-refractivity contribution in [2.75, 3.05) is 26.7 Å². The Morgan fingerprint density at radius 3 is 2.34 bits per heavy atom. The molecule has 1 saturated heterocycles. The summed E-state index contributed by atoms with van der Waals surface area (Å²) >= 11 is 0. The van der Waals surface area contributed by atoms with E-state index in [-0.39, 0.29) is 48.6 Å². The zero-order chi connectivity index (χ0) is 21.5. The molecule has 0 bridgehead atoms. The second kappa shape index (κ2) is 11.8. The van der Waals surface area contributed by atoms with E-state index in [4.69, 9.17) is 9.47 Å². The van der Waals surface area contributed by atoms with E-state index >= 15 is 0 Å². The van der Waals surface area contributed by atoms with Gasteiger partial charge in [0.25, 0.3) is 0 Å². The highest BCUT2D eigenvalue weighted by atomic mass is 127. The number of hydrogen-bond acceptors (Lipinski definition) is 5. The fraction of sp³-hybridized carbons (Fsp3) is 0.842. The van der Waals surface area contributed by atoms with Crippen molar-refractivity contribution in [1.29, 1.82) is 0 Å². The molecule has 170 valence electrons. The Balaban J connectivity index is 0.00000784. The molecule has 0 radical (unpaired) electrons. The minimum absolute atomic E-state index is 0. The molecule has 0 aromatic carbocycles. The maximum atomic E-state index is 12.8. The van der Waals surface area contributed by atoms with E-state index in [1.54, 1.807) is 11.9 Å². The molecule has 3 N–H and O–H groups in total. The molecule has 1 aliphatic heterocycles. The molecule has 1 rings (SSSR count). The predicted octanol–water partition coefficient (Wildman–Crippen LogP) is 2.06. The Labute approximate surface area is 191 Å². The third-order valence-electron chi connectivity index (χ3n) is 4.21. The van der Waals surface area contributed by atoms with Gasteiger partial charge in [0, 0.05) is 20.1 Å². The minimum Gasteiger partial charge on any atom is -0.444 e. The summed E-state index contributed by atoms with van der Waals surface area (Å²) in [6.45, 7) is 14.3. The van der Waals surface area contributed by atoms with Crippen molar-refractivity contribution < 1.29 is 19.1 Å². The second-order valence-corrected chi connectivity index (χ2v) is 8.34. The Morgan fingerprint density at radius 1 is 1.21 bits per heavy atom. The molecule has 1 aliphatic rings. The Kier molecular flexibility index (Phi) is 11.2. The van der Waals surface area contributed by atoms with Crippen LogP contribution in [0.1, 0.15) is 54.9 Å². The average Bonchev–Trinajstić information content (AvgIpc) is 2.79. The van der Waals surface area contributed by atoms with Crippen LogP contribution in [-0.2, 0) is 14.3 Å². The molecule has 2 unspecified atom stereocenters. The summed E-state index contributed by atoms with van der Waals surface area (Å²) < 4.78 is 11.5. The summed E-state index contributed by atoms with van der Waals surface area (Å²) in [5.41, 5.74) is -1.38. The molecule has 0 aliphatic carbocycles. The van der Waals surface area contributed by atoms with Gasteiger partial charge in [-0.1, -0.05) is 6.92 Å². The highest BCUT2D eigenvalue weighted by molar-refractivity contribution is 14.0. The number of nitrogens with one attached hydrogen (secondary N) is 3. The lowest BCUT2D eigenvalue weighted by molar-refractivity contribution is -0.120. The maximum Gasteiger partial charge on any atom is 0.412 e. The maximum absolute atomic E-state index is 12.8. The normalized spacial score (nSPS) is 21.2. The van der Waals surface area contributed by atoms with Crippen LogP contribution in [0.3, 0.4) is 0 Å². The van der Waals surface area contributed by atoms with E-state index in [2.05, 4.69) is 20.9 Å². The number of rotatable bonds is 6. The summed E-state index contributed by atoms with van der Waals surface area (Å²) in [5, 5.41) is 8.94. The molecule has 0 aromatic heterocycles. The third-order valence-corrected chi connectivity index (χ3v) is 4.21. The number of carbonyl (C=O) groups is 2. The van der Waals surface area contributed by atoms with Gasteiger partial charge < -0.3 is 25.4 Å². The Bertz CT molecular complexity index is 577. The van der Waals surface area contributed by atoms with E-state index in [0.29, 0.717) is 19.0 Å². The molecule has 9 nitrogen and oxygen atoms in total. The Morgan fingerprint density at radius 2 is 1.83 bits per heavy atom. The lowest BCUT2D eigenvalue weighted by Gasteiger charge is -2.35. The Hall–Kier alpha value is -1.30. The standard InChI is InChI=1S/C19H37N5O4.HI/c1-9-10-21-15(25)12-23-16(20-8)22-11-14-13(2)27-19(6,7)24(14)17(26)28-18(3,4)5;/h13-14H,9-12H2,1-8H3,(H,21,25)(H2,20,22,23);1H. The van der Waals surface area contributed by atoms with Crippen LogP contribution in [-0.4, -0.2) is 73.0 Å². The van der Waals surface area contributed by atoms with Crippen LogP contribution >= 0.6 is 24.0 Å². The van der Waals surface area contributed by atoms with Crippen LogP contribution in [0.15, 0.2) is 4.99 Å². The molecule has 2 atom stereocenters. The van der Waals surface area contributed by atoms with Gasteiger partial charge in [-0.15, -0.1) is 24.0 Å². The van der Waals surface area contributed by atoms with Crippen molar-refractivity contribution in [1.82, 2.24) is 20.9 Å². The topological polar surface area (TPSA) is 104 Å². The number of carbonyl (C=O) groups excluding carboxylic acids is 2. The van der Waals surface area contributed by atoms with Crippen LogP contribution < -0.4 is 16.0 Å². The summed E-state index contributed by atoms with van der Waals surface area (Å²) in [7, 11) is 1.63. The summed E-state index contributed by atoms with van der Waals surface area (Å²) in [6.07, 6.45) is 0.269. The van der Waals surface area contributed by atoms with Gasteiger partial charge in [-0.2, -0.15) is 0 Å². The van der Waals surface area contributed by atoms with E-state index in [9.17, 15) is 9.59 Å². The van der Waals surface area contributed by atoms with Gasteiger partial charge in [0.2, 0.25) is 5.91 Å². The summed E-state index contributed by atoms with van der Waals surface area (Å²) in [5.74, 6) is 0.381. The highest BCUT2D eigenvalue weighted by Gasteiger charge is 2.49. The first kappa shape index (κ1) is 27.7. The van der Waals surface area contributed by atoms with Gasteiger partial charge in [0.15, 0.2) is 5.96 Å². The molecule has 1 fully saturated rings. The quantitative estimate of drug-likeness (QED) is 0.278. The van der Waals surface area contributed by atoms with Gasteiger partial charge in [0.1, 0.15) is 11.3 Å². The van der Waals surface area contributed by atoms with Crippen molar-refractivity contribution in [3.8, 4) is 0 Å². The van der Waals surface area contributed by atoms with Crippen molar-refractivity contribution in [2.24, 2.45) is 4.99 Å². The first-order chi connectivity index (χ1) is 12.9. The number of aliphatic imine (C=N–C) groups is 1. The fourth-order valence-electron chi connectivity index (χ4n) is 3.04. The molecule has 2 amide bonds. The van der Waals surface area contributed by atoms with Crippen LogP contribution in [0.4, 0.5) is 4.79 Å². The van der Waals surface area contributed by atoms with Crippen LogP contribution in [0, 0.1) is 0 Å². The second-order valence-electron chi connectivity index (χ2n) is 8.34. The first-order valence-corrected chi connectivity index (χ1v) is 9.82. The van der Waals surface area contributed by atoms with Crippen molar-refractivity contribution >= 4 is 41.9 Å². The van der Waals surface area contributed by atoms with E-state index in [0.717, 1.165) is 6.42 Å². The molecule has 0 aromatic rings. The summed E-state index contributed by atoms with van der Waals surface area (Å²) in [4.78, 5) is 30.3. The number of guanidine groups is 1. The zero-order valence-corrected chi connectivity index (χ0v) is 21.2. The minimum atomic E-state index is -0.787. The van der Waals surface area contributed by atoms with Gasteiger partial charge in [-0.3, -0.25) is 14.7 Å². The van der Waals surface area contributed by atoms with Crippen molar-refractivity contribution in [3.05, 3.63) is 0 Å². The van der Waals surface area contributed by atoms with Crippen molar-refractivity contribution in [3.63, 3.8) is 0 Å². The molecule has 10 heteroatoms. The summed E-state index contributed by atoms with van der Waals surface area (Å²) in [6, 6.07) is -0.252. The average molecular weight is 527 g/mol. The highest BCUT2D eigenvalue weighted by Crippen LogP contribution is 2.33. The SMILES string of the molecule is CCCNC(=O)CNC(=NC)NCC1C(C)OC(C)(C)N1C(=O)OC(C)(C)C.I. The van der Waals surface area contributed by atoms with Crippen molar-refractivity contribution in [2.45, 2.75) is 78.4 Å². The molecule has 0 spiro atoms. The predicted molar refractivity (Wildman–Crippen MR) is 125 cm³/mol. The van der Waals surface area contributed by atoms with Gasteiger partial charge in [-0.25, -0.2) is 4.79 Å². The number of hydrogen-bond donors (Lipinski definition) is 3. The monoisotopic (exact) mass is 527 g/mol. The van der Waals surface area contributed by atoms with Crippen LogP contribution in [0.25, 0.3) is 0 Å². The molecular weight excluding hydrogens is 489 g/mol. The zero-order valence-electron chi connectivity index (χ0n) is 18.9. The first-order valence-electron chi connectivity index (χ1n) is 9.82. The molecule has 29 heavy (non-hydrogen) atoms. The van der Waals surface area contributed by atoms with E-state index < -0.39 is 17.4 Å². The number of ether oxygens (including phenoxy) is 2. The molecular formula is C19H38IN5O4. The number of amides is 2. The largest absolute Gasteiger partial charge is 0.444 e. The van der Waals surface area contributed by atoms with Gasteiger partial charge in [-0.05, 0) is 48.0 Å². The lowest BCUT2D eigenvalue weighted by Crippen LogP contribution is -2.54. The van der Waals surface area contributed by atoms with Gasteiger partial charge in [0.05, 0.1) is 18.7 Å². The van der Waals surface area contributed by atoms with E-state index in [1.165, 1.54) is 0 Å². The van der Waals surface area contributed by atoms with Gasteiger partial charge >= 0.3 is 6.09 Å². The number of nitrogens with zero attached hydrogens (tertiary/aromatic N) is 2. The fourth-order valence-corrected chi connectivity index (χ4v) is 3.04.